The zero-order chi connectivity index (χ0) is 16.5. The first kappa shape index (κ1) is 17.5. The Morgan fingerprint density at radius 1 is 1.00 bits per heavy atom. The second-order valence-electron chi connectivity index (χ2n) is 4.28. The van der Waals surface area contributed by atoms with Gasteiger partial charge in [0, 0.05) is 6.42 Å². The Bertz CT molecular complexity index is 507. The summed E-state index contributed by atoms with van der Waals surface area (Å²) in [4.78, 5) is 0. The Morgan fingerprint density at radius 2 is 1.52 bits per heavy atom. The summed E-state index contributed by atoms with van der Waals surface area (Å²) in [6.07, 6.45) is -5.66. The maximum atomic E-state index is 13.5. The predicted molar refractivity (Wildman–Crippen MR) is 61.1 cm³/mol. The average molecular weight is 318 g/mol. The maximum absolute atomic E-state index is 13.5. The summed E-state index contributed by atoms with van der Waals surface area (Å²) >= 11 is 0. The summed E-state index contributed by atoms with van der Waals surface area (Å²) in [5, 5.41) is 0. The third kappa shape index (κ3) is 3.03. The Labute approximate surface area is 115 Å². The highest BCUT2D eigenvalue weighted by molar-refractivity contribution is 5.52. The van der Waals surface area contributed by atoms with Crippen molar-refractivity contribution in [2.75, 3.05) is 0 Å². The molecule has 0 aliphatic rings. The molecule has 0 atom stereocenters. The van der Waals surface area contributed by atoms with Crippen molar-refractivity contribution in [1.82, 2.24) is 0 Å². The molecule has 1 aromatic rings. The van der Waals surface area contributed by atoms with Crippen LogP contribution in [-0.2, 0) is 6.42 Å². The summed E-state index contributed by atoms with van der Waals surface area (Å²) in [7, 11) is 0. The van der Waals surface area contributed by atoms with E-state index < -0.39 is 36.2 Å². The fraction of sp³-hybridized carbons (Fsp3) is 0.385. The molecule has 8 heteroatoms. The molecule has 0 fully saturated rings. The first-order chi connectivity index (χ1) is 9.47. The van der Waals surface area contributed by atoms with Gasteiger partial charge in [-0.25, -0.2) is 8.78 Å². The molecule has 0 spiro atoms. The van der Waals surface area contributed by atoms with Crippen LogP contribution in [0.15, 0.2) is 30.8 Å². The Balaban J connectivity index is 3.19. The van der Waals surface area contributed by atoms with Crippen LogP contribution < -0.4 is 0 Å². The van der Waals surface area contributed by atoms with Gasteiger partial charge in [0.1, 0.15) is 0 Å². The monoisotopic (exact) mass is 318 g/mol. The van der Waals surface area contributed by atoms with E-state index in [-0.39, 0.29) is 5.56 Å². The van der Waals surface area contributed by atoms with Gasteiger partial charge in [-0.05, 0) is 11.1 Å². The highest BCUT2D eigenvalue weighted by Gasteiger charge is 2.74. The highest BCUT2D eigenvalue weighted by Crippen LogP contribution is 2.49. The van der Waals surface area contributed by atoms with E-state index in [0.717, 1.165) is 12.1 Å². The van der Waals surface area contributed by atoms with E-state index in [9.17, 15) is 35.1 Å². The van der Waals surface area contributed by atoms with Gasteiger partial charge in [-0.1, -0.05) is 36.9 Å². The van der Waals surface area contributed by atoms with Crippen molar-refractivity contribution in [2.45, 2.75) is 30.6 Å². The summed E-state index contributed by atoms with van der Waals surface area (Å²) < 4.78 is 103. The van der Waals surface area contributed by atoms with Crippen LogP contribution in [0.5, 0.6) is 0 Å². The van der Waals surface area contributed by atoms with Crippen molar-refractivity contribution in [3.63, 3.8) is 0 Å². The van der Waals surface area contributed by atoms with Crippen LogP contribution in [0.3, 0.4) is 0 Å². The van der Waals surface area contributed by atoms with Gasteiger partial charge in [0.2, 0.25) is 0 Å². The van der Waals surface area contributed by atoms with E-state index in [1.807, 2.05) is 0 Å². The Morgan fingerprint density at radius 3 is 2.00 bits per heavy atom. The molecule has 0 radical (unpaired) electrons. The van der Waals surface area contributed by atoms with Crippen molar-refractivity contribution in [1.29, 1.82) is 0 Å². The van der Waals surface area contributed by atoms with Crippen molar-refractivity contribution < 1.29 is 35.1 Å². The zero-order valence-electron chi connectivity index (χ0n) is 10.4. The minimum atomic E-state index is -6.19. The van der Waals surface area contributed by atoms with E-state index in [1.54, 1.807) is 0 Å². The Kier molecular flexibility index (Phi) is 4.70. The zero-order valence-corrected chi connectivity index (χ0v) is 10.4. The molecule has 0 saturated carbocycles. The van der Waals surface area contributed by atoms with Crippen molar-refractivity contribution >= 4 is 6.08 Å². The maximum Gasteiger partial charge on any atom is 0.378 e. The lowest BCUT2D eigenvalue weighted by molar-refractivity contribution is -0.337. The van der Waals surface area contributed by atoms with E-state index in [1.165, 1.54) is 18.2 Å². The second-order valence-corrected chi connectivity index (χ2v) is 4.28. The number of alkyl halides is 8. The van der Waals surface area contributed by atoms with Crippen LogP contribution in [0.2, 0.25) is 0 Å². The fourth-order valence-corrected chi connectivity index (χ4v) is 1.63. The van der Waals surface area contributed by atoms with Crippen LogP contribution in [0.1, 0.15) is 11.1 Å². The van der Waals surface area contributed by atoms with Gasteiger partial charge in [-0.2, -0.15) is 26.3 Å². The molecule has 118 valence electrons. The summed E-state index contributed by atoms with van der Waals surface area (Å²) in [5.41, 5.74) is -0.379. The lowest BCUT2D eigenvalue weighted by Crippen LogP contribution is -2.58. The molecule has 0 unspecified atom stereocenters. The van der Waals surface area contributed by atoms with E-state index in [0.29, 0.717) is 0 Å². The molecule has 1 aromatic carbocycles. The molecule has 0 aliphatic heterocycles. The topological polar surface area (TPSA) is 0 Å². The molecule has 0 bridgehead atoms. The summed E-state index contributed by atoms with van der Waals surface area (Å²) in [6, 6.07) is 4.87. The van der Waals surface area contributed by atoms with Crippen LogP contribution in [0.4, 0.5) is 35.1 Å². The molecule has 0 aromatic heterocycles. The van der Waals surface area contributed by atoms with Crippen molar-refractivity contribution in [3.05, 3.63) is 42.0 Å². The first-order valence-corrected chi connectivity index (χ1v) is 5.59. The number of rotatable bonds is 6. The molecule has 0 N–H and O–H groups in total. The number of halogens is 8. The minimum Gasteiger partial charge on any atom is -0.203 e. The molecule has 1 rings (SSSR count). The molecule has 21 heavy (non-hydrogen) atoms. The van der Waals surface area contributed by atoms with Gasteiger partial charge >= 0.3 is 24.2 Å². The van der Waals surface area contributed by atoms with E-state index in [2.05, 4.69) is 6.58 Å². The van der Waals surface area contributed by atoms with E-state index in [4.69, 9.17) is 0 Å². The third-order valence-corrected chi connectivity index (χ3v) is 2.84. The highest BCUT2D eigenvalue weighted by atomic mass is 19.4. The fourth-order valence-electron chi connectivity index (χ4n) is 1.63. The van der Waals surface area contributed by atoms with Gasteiger partial charge in [-0.15, -0.1) is 0 Å². The first-order valence-electron chi connectivity index (χ1n) is 5.59. The molecule has 0 nitrogen and oxygen atoms in total. The summed E-state index contributed by atoms with van der Waals surface area (Å²) in [6.45, 7) is 3.26. The van der Waals surface area contributed by atoms with Gasteiger partial charge in [0.25, 0.3) is 0 Å². The number of hydrogen-bond acceptors (Lipinski definition) is 0. The standard InChI is InChI=1S/C13H10F8/c1-2-8-5-3-4-6-9(8)7-11(16,17)13(20,21)12(18,19)10(14)15/h2-6,10H,1,7H2. The Hall–Kier alpha value is -1.60. The van der Waals surface area contributed by atoms with E-state index >= 15 is 0 Å². The smallest absolute Gasteiger partial charge is 0.203 e. The SMILES string of the molecule is C=Cc1ccccc1CC(F)(F)C(F)(F)C(F)(F)C(F)F. The van der Waals surface area contributed by atoms with Gasteiger partial charge in [0.05, 0.1) is 0 Å². The molecule has 0 saturated heterocycles. The largest absolute Gasteiger partial charge is 0.378 e. The van der Waals surface area contributed by atoms with Gasteiger partial charge in [-0.3, -0.25) is 0 Å². The lowest BCUT2D eigenvalue weighted by Gasteiger charge is -2.32. The van der Waals surface area contributed by atoms with Crippen LogP contribution in [0.25, 0.3) is 6.08 Å². The second kappa shape index (κ2) is 5.65. The van der Waals surface area contributed by atoms with Crippen LogP contribution in [-0.4, -0.2) is 24.2 Å². The lowest BCUT2D eigenvalue weighted by atomic mass is 9.95. The normalized spacial score (nSPS) is 13.6. The average Bonchev–Trinajstić information content (AvgIpc) is 2.38. The molecule has 0 amide bonds. The molecule has 0 heterocycles. The van der Waals surface area contributed by atoms with Crippen LogP contribution >= 0.6 is 0 Å². The van der Waals surface area contributed by atoms with Crippen LogP contribution in [0, 0.1) is 0 Å². The van der Waals surface area contributed by atoms with Gasteiger partial charge in [0.15, 0.2) is 0 Å². The third-order valence-electron chi connectivity index (χ3n) is 2.84. The van der Waals surface area contributed by atoms with Crippen molar-refractivity contribution in [3.8, 4) is 0 Å². The molecular formula is C13H10F8. The quantitative estimate of drug-likeness (QED) is 0.644. The minimum absolute atomic E-state index is 0.0216. The predicted octanol–water partition coefficient (Wildman–Crippen LogP) is 5.04. The number of benzene rings is 1. The number of hydrogen-bond donors (Lipinski definition) is 0. The summed E-state index contributed by atoms with van der Waals surface area (Å²) in [5.74, 6) is -17.7. The van der Waals surface area contributed by atoms with Crippen molar-refractivity contribution in [2.24, 2.45) is 0 Å². The molecular weight excluding hydrogens is 308 g/mol. The molecule has 0 aliphatic carbocycles. The van der Waals surface area contributed by atoms with Gasteiger partial charge < -0.3 is 0 Å².